The van der Waals surface area contributed by atoms with Gasteiger partial charge in [0.15, 0.2) is 5.96 Å². The summed E-state index contributed by atoms with van der Waals surface area (Å²) in [7, 11) is 1.76. The summed E-state index contributed by atoms with van der Waals surface area (Å²) in [6, 6.07) is 0.381. The highest BCUT2D eigenvalue weighted by Gasteiger charge is 2.56. The number of carbonyl (C=O) groups is 2. The number of likely N-dealkylation sites (tertiary alicyclic amines) is 1. The number of guanidine groups is 1. The first-order chi connectivity index (χ1) is 12.6. The Morgan fingerprint density at radius 2 is 1.92 bits per heavy atom. The quantitative estimate of drug-likeness (QED) is 0.423. The van der Waals surface area contributed by atoms with E-state index in [1.807, 2.05) is 0 Å². The second-order valence-corrected chi connectivity index (χ2v) is 7.61. The van der Waals surface area contributed by atoms with Gasteiger partial charge < -0.3 is 15.4 Å². The molecule has 7 nitrogen and oxygen atoms in total. The van der Waals surface area contributed by atoms with E-state index in [4.69, 9.17) is 4.74 Å². The van der Waals surface area contributed by atoms with E-state index in [-0.39, 0.29) is 17.2 Å². The molecule has 0 aromatic rings. The van der Waals surface area contributed by atoms with E-state index in [0.717, 1.165) is 19.0 Å². The predicted octanol–water partition coefficient (Wildman–Crippen LogP) is 1.43. The molecule has 146 valence electrons. The lowest BCUT2D eigenvalue weighted by Crippen LogP contribution is -2.65. The molecule has 1 saturated heterocycles. The molecule has 1 spiro atoms. The van der Waals surface area contributed by atoms with Gasteiger partial charge in [-0.05, 0) is 32.6 Å². The summed E-state index contributed by atoms with van der Waals surface area (Å²) in [5.41, 5.74) is 0.242. The van der Waals surface area contributed by atoms with Crippen molar-refractivity contribution in [2.75, 3.05) is 26.7 Å². The van der Waals surface area contributed by atoms with Crippen LogP contribution in [-0.4, -0.2) is 61.6 Å². The summed E-state index contributed by atoms with van der Waals surface area (Å²) in [6.45, 7) is 3.75. The van der Waals surface area contributed by atoms with Crippen molar-refractivity contribution >= 4 is 17.8 Å². The fraction of sp³-hybridized carbons (Fsp3) is 0.842. The maximum atomic E-state index is 11.9. The monoisotopic (exact) mass is 364 g/mol. The molecule has 1 aliphatic heterocycles. The number of hydrogen-bond acceptors (Lipinski definition) is 4. The Hall–Kier alpha value is -1.63. The molecule has 0 aromatic carbocycles. The Morgan fingerprint density at radius 3 is 2.54 bits per heavy atom. The molecule has 0 aromatic heterocycles. The molecule has 1 heterocycles. The second kappa shape index (κ2) is 8.37. The maximum absolute atomic E-state index is 11.9. The standard InChI is InChI=1S/C19H32N4O3/c1-3-26-15-13-14(19(15)9-4-5-10-19)22-18(20-2)21-11-12-23-16(24)7-6-8-17(23)25/h14-15H,3-13H2,1-2H3,(H2,20,21,22). The van der Waals surface area contributed by atoms with E-state index >= 15 is 0 Å². The molecule has 0 radical (unpaired) electrons. The van der Waals surface area contributed by atoms with Crippen molar-refractivity contribution in [1.29, 1.82) is 0 Å². The van der Waals surface area contributed by atoms with Crippen LogP contribution < -0.4 is 10.6 Å². The van der Waals surface area contributed by atoms with Crippen LogP contribution in [0.15, 0.2) is 4.99 Å². The smallest absolute Gasteiger partial charge is 0.229 e. The number of piperidine rings is 1. The van der Waals surface area contributed by atoms with E-state index in [9.17, 15) is 9.59 Å². The van der Waals surface area contributed by atoms with Gasteiger partial charge in [0.2, 0.25) is 11.8 Å². The van der Waals surface area contributed by atoms with Gasteiger partial charge in [-0.15, -0.1) is 0 Å². The summed E-state index contributed by atoms with van der Waals surface area (Å²) >= 11 is 0. The molecule has 3 aliphatic rings. The lowest BCUT2D eigenvalue weighted by atomic mass is 9.60. The Balaban J connectivity index is 1.49. The van der Waals surface area contributed by atoms with Gasteiger partial charge in [0, 0.05) is 51.0 Å². The van der Waals surface area contributed by atoms with Crippen molar-refractivity contribution in [3.63, 3.8) is 0 Å². The Kier molecular flexibility index (Phi) is 6.16. The number of hydrogen-bond donors (Lipinski definition) is 2. The Labute approximate surface area is 155 Å². The number of amides is 2. The van der Waals surface area contributed by atoms with Gasteiger partial charge in [-0.3, -0.25) is 19.5 Å². The first-order valence-corrected chi connectivity index (χ1v) is 10.0. The summed E-state index contributed by atoms with van der Waals surface area (Å²) in [6.07, 6.45) is 7.96. The highest BCUT2D eigenvalue weighted by molar-refractivity contribution is 5.97. The van der Waals surface area contributed by atoms with E-state index in [2.05, 4.69) is 22.5 Å². The van der Waals surface area contributed by atoms with Gasteiger partial charge in [-0.25, -0.2) is 0 Å². The minimum atomic E-state index is -0.0607. The third-order valence-electron chi connectivity index (χ3n) is 6.23. The van der Waals surface area contributed by atoms with Gasteiger partial charge in [0.05, 0.1) is 6.10 Å². The average molecular weight is 364 g/mol. The van der Waals surface area contributed by atoms with Crippen LogP contribution in [0.1, 0.15) is 58.3 Å². The van der Waals surface area contributed by atoms with E-state index in [1.165, 1.54) is 30.6 Å². The largest absolute Gasteiger partial charge is 0.378 e. The summed E-state index contributed by atoms with van der Waals surface area (Å²) in [5, 5.41) is 6.82. The van der Waals surface area contributed by atoms with Gasteiger partial charge in [0.1, 0.15) is 0 Å². The number of rotatable bonds is 6. The molecule has 7 heteroatoms. The number of imide groups is 1. The molecule has 2 aliphatic carbocycles. The van der Waals surface area contributed by atoms with E-state index in [0.29, 0.717) is 44.5 Å². The SMILES string of the molecule is CCOC1CC(NC(=NC)NCCN2C(=O)CCCC2=O)C12CCCC2. The zero-order valence-electron chi connectivity index (χ0n) is 16.1. The van der Waals surface area contributed by atoms with Gasteiger partial charge in [-0.2, -0.15) is 0 Å². The molecule has 2 N–H and O–H groups in total. The zero-order chi connectivity index (χ0) is 18.6. The normalized spacial score (nSPS) is 28.4. The lowest BCUT2D eigenvalue weighted by molar-refractivity contribution is -0.147. The number of aliphatic imine (C=N–C) groups is 1. The Bertz CT molecular complexity index is 541. The van der Waals surface area contributed by atoms with E-state index in [1.54, 1.807) is 7.05 Å². The average Bonchev–Trinajstić information content (AvgIpc) is 3.14. The molecule has 2 atom stereocenters. The van der Waals surface area contributed by atoms with Gasteiger partial charge in [-0.1, -0.05) is 12.8 Å². The van der Waals surface area contributed by atoms with Crippen molar-refractivity contribution in [3.8, 4) is 0 Å². The molecule has 0 bridgehead atoms. The van der Waals surface area contributed by atoms with Crippen molar-refractivity contribution in [2.45, 2.75) is 70.4 Å². The minimum absolute atomic E-state index is 0.0607. The van der Waals surface area contributed by atoms with Crippen LogP contribution in [0.5, 0.6) is 0 Å². The molecule has 3 fully saturated rings. The number of carbonyl (C=O) groups excluding carboxylic acids is 2. The molecular weight excluding hydrogens is 332 g/mol. The summed E-state index contributed by atoms with van der Waals surface area (Å²) < 4.78 is 5.96. The fourth-order valence-corrected chi connectivity index (χ4v) is 4.78. The molecule has 3 rings (SSSR count). The van der Waals surface area contributed by atoms with Crippen molar-refractivity contribution in [2.24, 2.45) is 10.4 Å². The van der Waals surface area contributed by atoms with Crippen LogP contribution in [0.3, 0.4) is 0 Å². The first kappa shape index (κ1) is 19.1. The van der Waals surface area contributed by atoms with Crippen LogP contribution >= 0.6 is 0 Å². The minimum Gasteiger partial charge on any atom is -0.378 e. The molecule has 26 heavy (non-hydrogen) atoms. The van der Waals surface area contributed by atoms with Crippen LogP contribution in [0.2, 0.25) is 0 Å². The first-order valence-electron chi connectivity index (χ1n) is 10.0. The van der Waals surface area contributed by atoms with E-state index < -0.39 is 0 Å². The number of nitrogens with one attached hydrogen (secondary N) is 2. The van der Waals surface area contributed by atoms with Gasteiger partial charge >= 0.3 is 0 Å². The third-order valence-corrected chi connectivity index (χ3v) is 6.23. The van der Waals surface area contributed by atoms with Crippen molar-refractivity contribution < 1.29 is 14.3 Å². The summed E-state index contributed by atoms with van der Waals surface area (Å²) in [5.74, 6) is 0.622. The zero-order valence-corrected chi connectivity index (χ0v) is 16.1. The van der Waals surface area contributed by atoms with Crippen LogP contribution in [0.25, 0.3) is 0 Å². The molecular formula is C19H32N4O3. The van der Waals surface area contributed by atoms with Crippen LogP contribution in [0.4, 0.5) is 0 Å². The summed E-state index contributed by atoms with van der Waals surface area (Å²) in [4.78, 5) is 29.4. The van der Waals surface area contributed by atoms with Gasteiger partial charge in [0.25, 0.3) is 0 Å². The Morgan fingerprint density at radius 1 is 1.23 bits per heavy atom. The maximum Gasteiger partial charge on any atom is 0.229 e. The third kappa shape index (κ3) is 3.72. The topological polar surface area (TPSA) is 83.0 Å². The second-order valence-electron chi connectivity index (χ2n) is 7.61. The highest BCUT2D eigenvalue weighted by atomic mass is 16.5. The number of nitrogens with zero attached hydrogens (tertiary/aromatic N) is 2. The van der Waals surface area contributed by atoms with Crippen molar-refractivity contribution in [3.05, 3.63) is 0 Å². The van der Waals surface area contributed by atoms with Crippen molar-refractivity contribution in [1.82, 2.24) is 15.5 Å². The number of ether oxygens (including phenoxy) is 1. The molecule has 2 saturated carbocycles. The molecule has 2 amide bonds. The van der Waals surface area contributed by atoms with Crippen LogP contribution in [0, 0.1) is 5.41 Å². The lowest BCUT2D eigenvalue weighted by Gasteiger charge is -2.54. The fourth-order valence-electron chi connectivity index (χ4n) is 4.78. The van der Waals surface area contributed by atoms with Crippen LogP contribution in [-0.2, 0) is 14.3 Å². The molecule has 2 unspecified atom stereocenters. The highest BCUT2D eigenvalue weighted by Crippen LogP contribution is 2.54. The predicted molar refractivity (Wildman–Crippen MR) is 99.8 cm³/mol.